The van der Waals surface area contributed by atoms with Crippen LogP contribution in [-0.2, 0) is 6.54 Å². The molecule has 4 aromatic rings. The first-order chi connectivity index (χ1) is 16.2. The largest absolute Gasteiger partial charge is 0.496 e. The van der Waals surface area contributed by atoms with E-state index in [1.165, 1.54) is 18.7 Å². The molecule has 0 saturated carbocycles. The number of amides is 1. The van der Waals surface area contributed by atoms with Gasteiger partial charge in [0.1, 0.15) is 17.8 Å². The summed E-state index contributed by atoms with van der Waals surface area (Å²) in [4.78, 5) is 29.0. The highest BCUT2D eigenvalue weighted by molar-refractivity contribution is 5.94. The predicted octanol–water partition coefficient (Wildman–Crippen LogP) is 3.59. The Hall–Kier alpha value is -4.34. The van der Waals surface area contributed by atoms with Crippen LogP contribution in [0.4, 0.5) is 0 Å². The number of hydrazone groups is 1. The highest BCUT2D eigenvalue weighted by Gasteiger charge is 2.13. The third-order valence-electron chi connectivity index (χ3n) is 4.83. The average Bonchev–Trinajstić information content (AvgIpc) is 3.28. The Morgan fingerprint density at radius 1 is 1.24 bits per heavy atom. The summed E-state index contributed by atoms with van der Waals surface area (Å²) in [6, 6.07) is 8.58. The van der Waals surface area contributed by atoms with Crippen LogP contribution < -0.4 is 14.9 Å². The second-order valence-electron chi connectivity index (χ2n) is 7.09. The van der Waals surface area contributed by atoms with E-state index in [1.807, 2.05) is 4.57 Å². The summed E-state index contributed by atoms with van der Waals surface area (Å²) >= 11 is 0. The number of pyridine rings is 1. The molecule has 0 saturated heterocycles. The first-order valence-electron chi connectivity index (χ1n) is 10.4. The monoisotopic (exact) mass is 445 g/mol. The molecule has 0 spiro atoms. The van der Waals surface area contributed by atoms with Crippen LogP contribution in [0.5, 0.6) is 17.4 Å². The molecule has 10 nitrogen and oxygen atoms in total. The Kier molecular flexibility index (Phi) is 6.84. The summed E-state index contributed by atoms with van der Waals surface area (Å²) in [7, 11) is 1.54. The minimum absolute atomic E-state index is 0.357. The molecule has 0 bridgehead atoms. The topological polar surface area (TPSA) is 116 Å². The Morgan fingerprint density at radius 2 is 2.15 bits per heavy atom. The maximum atomic E-state index is 12.1. The number of aryl methyl sites for hydroxylation is 1. The molecule has 1 aromatic carbocycles. The number of unbranched alkanes of at least 4 members (excludes halogenated alkanes) is 1. The van der Waals surface area contributed by atoms with Crippen molar-refractivity contribution < 1.29 is 14.3 Å². The summed E-state index contributed by atoms with van der Waals surface area (Å²) in [6.45, 7) is 2.97. The first-order valence-corrected chi connectivity index (χ1v) is 10.4. The normalized spacial score (nSPS) is 11.1. The van der Waals surface area contributed by atoms with Gasteiger partial charge in [0.2, 0.25) is 0 Å². The van der Waals surface area contributed by atoms with Crippen LogP contribution in [0.1, 0.15) is 35.7 Å². The lowest BCUT2D eigenvalue weighted by Gasteiger charge is -2.09. The fourth-order valence-corrected chi connectivity index (χ4v) is 3.12. The number of ether oxygens (including phenoxy) is 2. The Bertz CT molecular complexity index is 1270. The number of nitrogens with zero attached hydrogens (tertiary/aromatic N) is 6. The molecule has 0 aliphatic carbocycles. The number of hydrogen-bond acceptors (Lipinski definition) is 8. The van der Waals surface area contributed by atoms with Gasteiger partial charge in [-0.2, -0.15) is 10.1 Å². The van der Waals surface area contributed by atoms with Gasteiger partial charge < -0.3 is 14.0 Å². The van der Waals surface area contributed by atoms with Gasteiger partial charge in [-0.3, -0.25) is 9.78 Å². The van der Waals surface area contributed by atoms with Gasteiger partial charge in [-0.1, -0.05) is 13.3 Å². The zero-order valence-electron chi connectivity index (χ0n) is 18.3. The molecule has 10 heteroatoms. The van der Waals surface area contributed by atoms with E-state index in [4.69, 9.17) is 9.47 Å². The molecule has 0 fully saturated rings. The molecule has 0 atom stereocenters. The van der Waals surface area contributed by atoms with Crippen molar-refractivity contribution in [3.05, 3.63) is 66.5 Å². The van der Waals surface area contributed by atoms with Gasteiger partial charge >= 0.3 is 0 Å². The molecule has 1 N–H and O–H groups in total. The van der Waals surface area contributed by atoms with Crippen molar-refractivity contribution in [3.8, 4) is 17.4 Å². The van der Waals surface area contributed by atoms with Gasteiger partial charge in [0.15, 0.2) is 11.2 Å². The lowest BCUT2D eigenvalue weighted by molar-refractivity contribution is 0.0954. The van der Waals surface area contributed by atoms with Crippen LogP contribution in [0, 0.1) is 0 Å². The third-order valence-corrected chi connectivity index (χ3v) is 4.83. The number of rotatable bonds is 9. The van der Waals surface area contributed by atoms with E-state index >= 15 is 0 Å². The van der Waals surface area contributed by atoms with Crippen LogP contribution >= 0.6 is 0 Å². The number of methoxy groups -OCH3 is 1. The summed E-state index contributed by atoms with van der Waals surface area (Å²) in [5.74, 6) is 1.05. The molecular formula is C23H23N7O3. The molecule has 4 rings (SSSR count). The SMILES string of the molecule is CCCCn1cnc2c(Oc3ccc(/C=N/NC(=O)c4cccnc4)c(OC)c3)ncnc21. The molecule has 3 aromatic heterocycles. The van der Waals surface area contributed by atoms with E-state index in [-0.39, 0.29) is 5.91 Å². The lowest BCUT2D eigenvalue weighted by atomic mass is 10.2. The Morgan fingerprint density at radius 3 is 2.94 bits per heavy atom. The molecule has 0 aliphatic rings. The molecule has 1 amide bonds. The minimum Gasteiger partial charge on any atom is -0.496 e. The fourth-order valence-electron chi connectivity index (χ4n) is 3.12. The predicted molar refractivity (Wildman–Crippen MR) is 123 cm³/mol. The smallest absolute Gasteiger partial charge is 0.272 e. The zero-order valence-corrected chi connectivity index (χ0v) is 18.3. The van der Waals surface area contributed by atoms with Gasteiger partial charge in [0.25, 0.3) is 11.8 Å². The van der Waals surface area contributed by atoms with Gasteiger partial charge in [-0.05, 0) is 30.7 Å². The molecule has 0 radical (unpaired) electrons. The Labute approximate surface area is 190 Å². The van der Waals surface area contributed by atoms with Crippen LogP contribution in [0.15, 0.2) is 60.5 Å². The minimum atomic E-state index is -0.357. The molecule has 168 valence electrons. The number of hydrogen-bond donors (Lipinski definition) is 1. The highest BCUT2D eigenvalue weighted by Crippen LogP contribution is 2.29. The van der Waals surface area contributed by atoms with Crippen molar-refractivity contribution >= 4 is 23.3 Å². The molecule has 3 heterocycles. The maximum Gasteiger partial charge on any atom is 0.272 e. The van der Waals surface area contributed by atoms with Crippen LogP contribution in [0.2, 0.25) is 0 Å². The van der Waals surface area contributed by atoms with Gasteiger partial charge in [0.05, 0.1) is 25.2 Å². The third kappa shape index (κ3) is 5.12. The molecule has 0 unspecified atom stereocenters. The maximum absolute atomic E-state index is 12.1. The van der Waals surface area contributed by atoms with Gasteiger partial charge in [-0.25, -0.2) is 15.4 Å². The highest BCUT2D eigenvalue weighted by atomic mass is 16.5. The van der Waals surface area contributed by atoms with Crippen molar-refractivity contribution in [1.82, 2.24) is 29.9 Å². The van der Waals surface area contributed by atoms with E-state index in [1.54, 1.807) is 50.0 Å². The number of fused-ring (bicyclic) bond motifs is 1. The summed E-state index contributed by atoms with van der Waals surface area (Å²) < 4.78 is 13.4. The summed E-state index contributed by atoms with van der Waals surface area (Å²) in [5.41, 5.74) is 4.87. The Balaban J connectivity index is 1.49. The van der Waals surface area contributed by atoms with Crippen LogP contribution in [-0.4, -0.2) is 43.7 Å². The quantitative estimate of drug-likeness (QED) is 0.309. The fraction of sp³-hybridized carbons (Fsp3) is 0.217. The number of carbonyl (C=O) groups is 1. The molecule has 0 aliphatic heterocycles. The van der Waals surface area contributed by atoms with Crippen molar-refractivity contribution in [2.24, 2.45) is 5.10 Å². The number of carbonyl (C=O) groups excluding carboxylic acids is 1. The van der Waals surface area contributed by atoms with E-state index in [0.29, 0.717) is 34.0 Å². The van der Waals surface area contributed by atoms with Crippen LogP contribution in [0.3, 0.4) is 0 Å². The van der Waals surface area contributed by atoms with Crippen molar-refractivity contribution in [2.75, 3.05) is 7.11 Å². The van der Waals surface area contributed by atoms with Crippen molar-refractivity contribution in [2.45, 2.75) is 26.3 Å². The first kappa shape index (κ1) is 21.9. The average molecular weight is 445 g/mol. The van der Waals surface area contributed by atoms with E-state index < -0.39 is 0 Å². The number of benzene rings is 1. The zero-order chi connectivity index (χ0) is 23.0. The van der Waals surface area contributed by atoms with Gasteiger partial charge in [-0.15, -0.1) is 0 Å². The molecular weight excluding hydrogens is 422 g/mol. The lowest BCUT2D eigenvalue weighted by Crippen LogP contribution is -2.17. The second kappa shape index (κ2) is 10.3. The number of nitrogens with one attached hydrogen (secondary N) is 1. The van der Waals surface area contributed by atoms with Gasteiger partial charge in [0, 0.05) is 30.6 Å². The summed E-state index contributed by atoms with van der Waals surface area (Å²) in [6.07, 6.45) is 9.89. The van der Waals surface area contributed by atoms with Crippen molar-refractivity contribution in [3.63, 3.8) is 0 Å². The van der Waals surface area contributed by atoms with E-state index in [2.05, 4.69) is 37.4 Å². The van der Waals surface area contributed by atoms with E-state index in [9.17, 15) is 4.79 Å². The number of aromatic nitrogens is 5. The number of imidazole rings is 1. The second-order valence-corrected chi connectivity index (χ2v) is 7.09. The van der Waals surface area contributed by atoms with Crippen molar-refractivity contribution in [1.29, 1.82) is 0 Å². The standard InChI is InChI=1S/C23H23N7O3/c1-3-4-10-30-15-27-20-21(30)25-14-26-23(20)33-18-8-7-16(19(11-18)32-2)13-28-29-22(31)17-6-5-9-24-12-17/h5-9,11-15H,3-4,10H2,1-2H3,(H,29,31)/b28-13+. The van der Waals surface area contributed by atoms with Crippen LogP contribution in [0.25, 0.3) is 11.2 Å². The molecule has 33 heavy (non-hydrogen) atoms. The summed E-state index contributed by atoms with van der Waals surface area (Å²) in [5, 5.41) is 4.00. The van der Waals surface area contributed by atoms with E-state index in [0.717, 1.165) is 25.0 Å².